The van der Waals surface area contributed by atoms with E-state index in [2.05, 4.69) is 23.6 Å². The van der Waals surface area contributed by atoms with Gasteiger partial charge in [0.2, 0.25) is 0 Å². The highest BCUT2D eigenvalue weighted by Gasteiger charge is 2.28. The second kappa shape index (κ2) is 4.39. The highest BCUT2D eigenvalue weighted by molar-refractivity contribution is 5.60. The number of nitrogens with one attached hydrogen (secondary N) is 1. The largest absolute Gasteiger partial charge is 0.360 e. The van der Waals surface area contributed by atoms with Gasteiger partial charge < -0.3 is 9.84 Å². The summed E-state index contributed by atoms with van der Waals surface area (Å²) < 4.78 is 5.25. The van der Waals surface area contributed by atoms with Crippen LogP contribution in [-0.2, 0) is 0 Å². The van der Waals surface area contributed by atoms with E-state index in [9.17, 15) is 0 Å². The average molecular weight is 216 g/mol. The molecule has 2 rings (SSSR count). The Kier molecular flexibility index (Phi) is 2.95. The van der Waals surface area contributed by atoms with E-state index in [-0.39, 0.29) is 0 Å². The molecule has 1 N–H and O–H groups in total. The van der Waals surface area contributed by atoms with Crippen LogP contribution < -0.4 is 5.32 Å². The zero-order valence-electron chi connectivity index (χ0n) is 9.49. The van der Waals surface area contributed by atoms with Crippen molar-refractivity contribution in [2.24, 2.45) is 0 Å². The lowest BCUT2D eigenvalue weighted by atomic mass is 10.2. The summed E-state index contributed by atoms with van der Waals surface area (Å²) in [6.07, 6.45) is 6.22. The van der Waals surface area contributed by atoms with E-state index in [1.165, 1.54) is 12.8 Å². The Hall–Kier alpha value is -1.77. The van der Waals surface area contributed by atoms with Crippen molar-refractivity contribution < 1.29 is 4.52 Å². The van der Waals surface area contributed by atoms with Crippen molar-refractivity contribution in [3.8, 4) is 0 Å². The van der Waals surface area contributed by atoms with Crippen molar-refractivity contribution >= 4 is 5.70 Å². The van der Waals surface area contributed by atoms with Crippen LogP contribution in [0.5, 0.6) is 0 Å². The topological polar surface area (TPSA) is 38.1 Å². The molecule has 0 spiro atoms. The van der Waals surface area contributed by atoms with Crippen molar-refractivity contribution in [3.05, 3.63) is 48.5 Å². The van der Waals surface area contributed by atoms with Crippen molar-refractivity contribution in [2.45, 2.75) is 25.7 Å². The third kappa shape index (κ3) is 2.42. The molecule has 1 aromatic rings. The molecule has 0 radical (unpaired) electrons. The van der Waals surface area contributed by atoms with Crippen molar-refractivity contribution in [1.82, 2.24) is 10.5 Å². The molecule has 3 nitrogen and oxygen atoms in total. The molecule has 0 aromatic carbocycles. The first kappa shape index (κ1) is 10.7. The summed E-state index contributed by atoms with van der Waals surface area (Å²) in [5, 5.41) is 7.06. The van der Waals surface area contributed by atoms with Crippen LogP contribution in [0.1, 0.15) is 37.1 Å². The van der Waals surface area contributed by atoms with Gasteiger partial charge in [-0.25, -0.2) is 0 Å². The Morgan fingerprint density at radius 1 is 1.56 bits per heavy atom. The standard InChI is InChI=1S/C13H16N2O/c1-4-5-9(2)14-10(3)12-8-13(16-15-12)11-6-7-11/h4-5,8,11,14H,2-3,6-7H2,1H3/b5-4-. The first-order valence-electron chi connectivity index (χ1n) is 5.45. The molecule has 0 aliphatic heterocycles. The second-order valence-corrected chi connectivity index (χ2v) is 4.02. The Balaban J connectivity index is 1.99. The summed E-state index contributed by atoms with van der Waals surface area (Å²) in [4.78, 5) is 0. The van der Waals surface area contributed by atoms with Crippen LogP contribution in [0.2, 0.25) is 0 Å². The minimum atomic E-state index is 0.577. The summed E-state index contributed by atoms with van der Waals surface area (Å²) >= 11 is 0. The van der Waals surface area contributed by atoms with Gasteiger partial charge in [-0.1, -0.05) is 24.4 Å². The lowest BCUT2D eigenvalue weighted by molar-refractivity contribution is 0.382. The zero-order valence-corrected chi connectivity index (χ0v) is 9.49. The van der Waals surface area contributed by atoms with E-state index in [1.54, 1.807) is 0 Å². The van der Waals surface area contributed by atoms with Crippen LogP contribution in [-0.4, -0.2) is 5.16 Å². The average Bonchev–Trinajstić information content (AvgIpc) is 2.96. The monoisotopic (exact) mass is 216 g/mol. The molecule has 1 aromatic heterocycles. The molecule has 0 atom stereocenters. The van der Waals surface area contributed by atoms with Gasteiger partial charge in [0.1, 0.15) is 11.5 Å². The summed E-state index contributed by atoms with van der Waals surface area (Å²) in [6.45, 7) is 9.70. The van der Waals surface area contributed by atoms with Crippen molar-refractivity contribution in [2.75, 3.05) is 0 Å². The van der Waals surface area contributed by atoms with Gasteiger partial charge in [-0.3, -0.25) is 0 Å². The quantitative estimate of drug-likeness (QED) is 0.768. The Morgan fingerprint density at radius 2 is 2.31 bits per heavy atom. The molecular weight excluding hydrogens is 200 g/mol. The van der Waals surface area contributed by atoms with E-state index < -0.39 is 0 Å². The first-order chi connectivity index (χ1) is 7.70. The van der Waals surface area contributed by atoms with Crippen molar-refractivity contribution in [3.63, 3.8) is 0 Å². The molecule has 1 fully saturated rings. The third-order valence-corrected chi connectivity index (χ3v) is 2.50. The molecule has 3 heteroatoms. The lowest BCUT2D eigenvalue weighted by Gasteiger charge is -2.05. The molecule has 0 unspecified atom stereocenters. The van der Waals surface area contributed by atoms with Crippen LogP contribution in [0.4, 0.5) is 0 Å². The van der Waals surface area contributed by atoms with Gasteiger partial charge in [-0.05, 0) is 25.8 Å². The maximum atomic E-state index is 5.25. The molecule has 84 valence electrons. The Labute approximate surface area is 95.5 Å². The van der Waals surface area contributed by atoms with Gasteiger partial charge >= 0.3 is 0 Å². The van der Waals surface area contributed by atoms with Gasteiger partial charge in [-0.15, -0.1) is 0 Å². The fraction of sp³-hybridized carbons (Fsp3) is 0.308. The molecule has 1 saturated carbocycles. The van der Waals surface area contributed by atoms with Crippen LogP contribution in [0.25, 0.3) is 5.70 Å². The molecule has 1 aliphatic rings. The number of hydrogen-bond donors (Lipinski definition) is 1. The minimum Gasteiger partial charge on any atom is -0.360 e. The fourth-order valence-corrected chi connectivity index (χ4v) is 1.49. The maximum absolute atomic E-state index is 5.25. The van der Waals surface area contributed by atoms with Gasteiger partial charge in [-0.2, -0.15) is 0 Å². The normalized spacial score (nSPS) is 15.3. The SMILES string of the molecule is C=C(/C=C\C)NC(=C)c1cc(C2CC2)on1. The lowest BCUT2D eigenvalue weighted by Crippen LogP contribution is -2.08. The van der Waals surface area contributed by atoms with E-state index in [0.717, 1.165) is 22.8 Å². The van der Waals surface area contributed by atoms with E-state index in [1.807, 2.05) is 25.1 Å². The summed E-state index contributed by atoms with van der Waals surface area (Å²) in [5.74, 6) is 1.54. The first-order valence-corrected chi connectivity index (χ1v) is 5.45. The highest BCUT2D eigenvalue weighted by atomic mass is 16.5. The summed E-state index contributed by atoms with van der Waals surface area (Å²) in [7, 11) is 0. The van der Waals surface area contributed by atoms with Gasteiger partial charge in [0.15, 0.2) is 0 Å². The summed E-state index contributed by atoms with van der Waals surface area (Å²) in [6, 6.07) is 1.95. The fourth-order valence-electron chi connectivity index (χ4n) is 1.49. The third-order valence-electron chi connectivity index (χ3n) is 2.50. The minimum absolute atomic E-state index is 0.577. The molecule has 16 heavy (non-hydrogen) atoms. The van der Waals surface area contributed by atoms with Gasteiger partial charge in [0, 0.05) is 17.7 Å². The predicted octanol–water partition coefficient (Wildman–Crippen LogP) is 3.20. The number of hydrogen-bond acceptors (Lipinski definition) is 3. The zero-order chi connectivity index (χ0) is 11.5. The Morgan fingerprint density at radius 3 is 2.94 bits per heavy atom. The van der Waals surface area contributed by atoms with Crippen LogP contribution >= 0.6 is 0 Å². The van der Waals surface area contributed by atoms with Gasteiger partial charge in [0.25, 0.3) is 0 Å². The highest BCUT2D eigenvalue weighted by Crippen LogP contribution is 2.40. The summed E-state index contributed by atoms with van der Waals surface area (Å²) in [5.41, 5.74) is 2.27. The molecular formula is C13H16N2O. The number of nitrogens with zero attached hydrogens (tertiary/aromatic N) is 1. The van der Waals surface area contributed by atoms with Gasteiger partial charge in [0.05, 0.1) is 5.70 Å². The van der Waals surface area contributed by atoms with E-state index in [4.69, 9.17) is 4.52 Å². The molecule has 1 aliphatic carbocycles. The number of rotatable bonds is 5. The molecule has 1 heterocycles. The second-order valence-electron chi connectivity index (χ2n) is 4.02. The van der Waals surface area contributed by atoms with Crippen LogP contribution in [0.3, 0.4) is 0 Å². The van der Waals surface area contributed by atoms with Crippen molar-refractivity contribution in [1.29, 1.82) is 0 Å². The number of allylic oxidation sites excluding steroid dienone is 2. The molecule has 0 amide bonds. The van der Waals surface area contributed by atoms with Crippen LogP contribution in [0, 0.1) is 0 Å². The maximum Gasteiger partial charge on any atom is 0.140 e. The predicted molar refractivity (Wildman–Crippen MR) is 64.6 cm³/mol. The smallest absolute Gasteiger partial charge is 0.140 e. The molecule has 0 bridgehead atoms. The van der Waals surface area contributed by atoms with E-state index >= 15 is 0 Å². The Bertz CT molecular complexity index is 439. The molecule has 0 saturated heterocycles. The van der Waals surface area contributed by atoms with E-state index in [0.29, 0.717) is 5.92 Å². The number of aromatic nitrogens is 1. The van der Waals surface area contributed by atoms with Crippen LogP contribution in [0.15, 0.2) is 41.6 Å².